The molecule has 0 radical (unpaired) electrons. The van der Waals surface area contributed by atoms with E-state index >= 15 is 0 Å². The van der Waals surface area contributed by atoms with E-state index in [1.54, 1.807) is 6.20 Å². The first kappa shape index (κ1) is 15.6. The number of imidazole rings is 1. The van der Waals surface area contributed by atoms with E-state index in [-0.39, 0.29) is 0 Å². The summed E-state index contributed by atoms with van der Waals surface area (Å²) in [6, 6.07) is 18.6. The van der Waals surface area contributed by atoms with E-state index in [2.05, 4.69) is 74.9 Å². The first-order chi connectivity index (χ1) is 13.3. The Morgan fingerprint density at radius 2 is 1.89 bits per heavy atom. The zero-order chi connectivity index (χ0) is 18.2. The fourth-order valence-corrected chi connectivity index (χ4v) is 3.37. The molecular formula is C22H18N4O. The standard InChI is InChI=1S/C22H18N4O/c1-16-6-8-17(9-7-16)20-12-22(27-24-20)26-14-18(13-25-11-10-23-15-25)19-4-2-3-5-21(19)26/h2-12,14-15H,13H2,1H3. The van der Waals surface area contributed by atoms with Crippen molar-refractivity contribution in [1.82, 2.24) is 19.3 Å². The third-order valence-corrected chi connectivity index (χ3v) is 4.79. The Morgan fingerprint density at radius 1 is 1.04 bits per heavy atom. The minimum absolute atomic E-state index is 0.707. The van der Waals surface area contributed by atoms with Crippen molar-refractivity contribution in [1.29, 1.82) is 0 Å². The predicted octanol–water partition coefficient (Wildman–Crippen LogP) is 4.84. The Bertz CT molecular complexity index is 1200. The molecule has 0 atom stereocenters. The molecule has 3 aromatic heterocycles. The number of benzene rings is 2. The Morgan fingerprint density at radius 3 is 2.70 bits per heavy atom. The predicted molar refractivity (Wildman–Crippen MR) is 105 cm³/mol. The molecule has 0 bridgehead atoms. The first-order valence-corrected chi connectivity index (χ1v) is 8.87. The number of aromatic nitrogens is 4. The molecule has 5 heteroatoms. The summed E-state index contributed by atoms with van der Waals surface area (Å²) in [5.41, 5.74) is 5.41. The molecule has 0 aliphatic carbocycles. The number of fused-ring (bicyclic) bond motifs is 1. The number of hydrogen-bond acceptors (Lipinski definition) is 3. The van der Waals surface area contributed by atoms with E-state index in [4.69, 9.17) is 4.52 Å². The molecule has 132 valence electrons. The van der Waals surface area contributed by atoms with Gasteiger partial charge in [-0.15, -0.1) is 0 Å². The zero-order valence-corrected chi connectivity index (χ0v) is 14.9. The molecule has 2 aromatic carbocycles. The molecule has 0 aliphatic rings. The summed E-state index contributed by atoms with van der Waals surface area (Å²) in [6.07, 6.45) is 7.71. The highest BCUT2D eigenvalue weighted by Gasteiger charge is 2.14. The molecule has 27 heavy (non-hydrogen) atoms. The number of nitrogens with zero attached hydrogens (tertiary/aromatic N) is 4. The Balaban J connectivity index is 1.58. The summed E-state index contributed by atoms with van der Waals surface area (Å²) in [6.45, 7) is 2.83. The van der Waals surface area contributed by atoms with Gasteiger partial charge in [0.15, 0.2) is 0 Å². The Labute approximate surface area is 156 Å². The van der Waals surface area contributed by atoms with Crippen LogP contribution >= 0.6 is 0 Å². The molecule has 0 aliphatic heterocycles. The Hall–Kier alpha value is -3.60. The van der Waals surface area contributed by atoms with Crippen LogP contribution in [-0.2, 0) is 6.54 Å². The number of hydrogen-bond donors (Lipinski definition) is 0. The molecule has 0 fully saturated rings. The van der Waals surface area contributed by atoms with Crippen LogP contribution in [-0.4, -0.2) is 19.3 Å². The van der Waals surface area contributed by atoms with E-state index < -0.39 is 0 Å². The second-order valence-electron chi connectivity index (χ2n) is 6.69. The van der Waals surface area contributed by atoms with E-state index in [0.29, 0.717) is 5.88 Å². The molecule has 0 spiro atoms. The fraction of sp³-hybridized carbons (Fsp3) is 0.0909. The molecule has 0 saturated heterocycles. The van der Waals surface area contributed by atoms with Gasteiger partial charge in [0.05, 0.1) is 18.4 Å². The molecular weight excluding hydrogens is 336 g/mol. The van der Waals surface area contributed by atoms with Gasteiger partial charge in [0.1, 0.15) is 5.69 Å². The van der Waals surface area contributed by atoms with Gasteiger partial charge in [-0.05, 0) is 18.6 Å². The van der Waals surface area contributed by atoms with Crippen LogP contribution in [0.1, 0.15) is 11.1 Å². The lowest BCUT2D eigenvalue weighted by molar-refractivity contribution is 0.410. The number of rotatable bonds is 4. The first-order valence-electron chi connectivity index (χ1n) is 8.87. The Kier molecular flexibility index (Phi) is 3.64. The van der Waals surface area contributed by atoms with Crippen molar-refractivity contribution >= 4 is 10.9 Å². The molecule has 0 unspecified atom stereocenters. The summed E-state index contributed by atoms with van der Waals surface area (Å²) < 4.78 is 9.81. The number of aryl methyl sites for hydroxylation is 1. The van der Waals surface area contributed by atoms with E-state index in [1.165, 1.54) is 16.5 Å². The number of para-hydroxylation sites is 1. The van der Waals surface area contributed by atoms with E-state index in [0.717, 1.165) is 23.3 Å². The van der Waals surface area contributed by atoms with Crippen molar-refractivity contribution in [3.05, 3.63) is 90.6 Å². The molecule has 0 amide bonds. The zero-order valence-electron chi connectivity index (χ0n) is 14.9. The van der Waals surface area contributed by atoms with Crippen LogP contribution in [0.2, 0.25) is 0 Å². The van der Waals surface area contributed by atoms with E-state index in [9.17, 15) is 0 Å². The lowest BCUT2D eigenvalue weighted by atomic mass is 10.1. The second-order valence-corrected chi connectivity index (χ2v) is 6.69. The van der Waals surface area contributed by atoms with Crippen LogP contribution < -0.4 is 0 Å². The maximum atomic E-state index is 5.69. The van der Waals surface area contributed by atoms with Gasteiger partial charge in [-0.25, -0.2) is 4.98 Å². The van der Waals surface area contributed by atoms with Crippen LogP contribution in [0.5, 0.6) is 0 Å². The highest BCUT2D eigenvalue weighted by Crippen LogP contribution is 2.28. The van der Waals surface area contributed by atoms with E-state index in [1.807, 2.05) is 24.7 Å². The smallest absolute Gasteiger partial charge is 0.236 e. The van der Waals surface area contributed by atoms with Gasteiger partial charge in [0, 0.05) is 35.6 Å². The molecule has 5 nitrogen and oxygen atoms in total. The van der Waals surface area contributed by atoms with Gasteiger partial charge in [-0.1, -0.05) is 53.2 Å². The molecule has 3 heterocycles. The summed E-state index contributed by atoms with van der Waals surface area (Å²) >= 11 is 0. The molecule has 0 N–H and O–H groups in total. The summed E-state index contributed by atoms with van der Waals surface area (Å²) in [4.78, 5) is 4.13. The van der Waals surface area contributed by atoms with Crippen molar-refractivity contribution in [2.24, 2.45) is 0 Å². The van der Waals surface area contributed by atoms with Crippen molar-refractivity contribution in [2.75, 3.05) is 0 Å². The second kappa shape index (κ2) is 6.29. The third-order valence-electron chi connectivity index (χ3n) is 4.79. The average Bonchev–Trinajstić information content (AvgIpc) is 3.43. The van der Waals surface area contributed by atoms with Crippen molar-refractivity contribution in [2.45, 2.75) is 13.5 Å². The van der Waals surface area contributed by atoms with Crippen LogP contribution in [0.25, 0.3) is 28.0 Å². The molecule has 5 rings (SSSR count). The normalized spacial score (nSPS) is 11.3. The summed E-state index contributed by atoms with van der Waals surface area (Å²) in [7, 11) is 0. The average molecular weight is 354 g/mol. The fourth-order valence-electron chi connectivity index (χ4n) is 3.37. The SMILES string of the molecule is Cc1ccc(-c2cc(-n3cc(Cn4ccnc4)c4ccccc43)on2)cc1. The quantitative estimate of drug-likeness (QED) is 0.464. The lowest BCUT2D eigenvalue weighted by Gasteiger charge is -1.99. The summed E-state index contributed by atoms with van der Waals surface area (Å²) in [5, 5.41) is 5.47. The van der Waals surface area contributed by atoms with Crippen molar-refractivity contribution in [3.8, 4) is 17.1 Å². The summed E-state index contributed by atoms with van der Waals surface area (Å²) in [5.74, 6) is 0.707. The van der Waals surface area contributed by atoms with Gasteiger partial charge in [0.2, 0.25) is 5.88 Å². The van der Waals surface area contributed by atoms with Gasteiger partial charge < -0.3 is 9.09 Å². The van der Waals surface area contributed by atoms with Crippen LogP contribution in [0.4, 0.5) is 0 Å². The van der Waals surface area contributed by atoms with Crippen molar-refractivity contribution in [3.63, 3.8) is 0 Å². The van der Waals surface area contributed by atoms with Crippen LogP contribution in [0, 0.1) is 6.92 Å². The highest BCUT2D eigenvalue weighted by atomic mass is 16.5. The van der Waals surface area contributed by atoms with Crippen LogP contribution in [0.3, 0.4) is 0 Å². The molecule has 0 saturated carbocycles. The lowest BCUT2D eigenvalue weighted by Crippen LogP contribution is -1.95. The largest absolute Gasteiger partial charge is 0.337 e. The molecule has 5 aromatic rings. The maximum absolute atomic E-state index is 5.69. The van der Waals surface area contributed by atoms with Crippen LogP contribution in [0.15, 0.2) is 84.0 Å². The van der Waals surface area contributed by atoms with Gasteiger partial charge >= 0.3 is 0 Å². The monoisotopic (exact) mass is 354 g/mol. The minimum Gasteiger partial charge on any atom is -0.337 e. The van der Waals surface area contributed by atoms with Gasteiger partial charge in [-0.2, -0.15) is 0 Å². The van der Waals surface area contributed by atoms with Crippen molar-refractivity contribution < 1.29 is 4.52 Å². The highest BCUT2D eigenvalue weighted by molar-refractivity contribution is 5.85. The van der Waals surface area contributed by atoms with Gasteiger partial charge in [-0.3, -0.25) is 4.57 Å². The topological polar surface area (TPSA) is 48.8 Å². The third kappa shape index (κ3) is 2.83. The van der Waals surface area contributed by atoms with Gasteiger partial charge in [0.25, 0.3) is 0 Å². The minimum atomic E-state index is 0.707. The maximum Gasteiger partial charge on any atom is 0.236 e.